The molecule has 47 heavy (non-hydrogen) atoms. The number of nitrogens with one attached hydrogen (secondary N) is 1. The average Bonchev–Trinajstić information content (AvgIpc) is 3.06. The smallest absolute Gasteiger partial charge is 0.254 e. The van der Waals surface area contributed by atoms with Crippen LogP contribution in [0.4, 0.5) is 11.8 Å². The fraction of sp³-hybridized carbons (Fsp3) is 0.432. The van der Waals surface area contributed by atoms with Crippen LogP contribution in [0.3, 0.4) is 0 Å². The van der Waals surface area contributed by atoms with Crippen LogP contribution in [0.25, 0.3) is 11.3 Å². The molecule has 1 amide bonds. The van der Waals surface area contributed by atoms with Gasteiger partial charge in [-0.1, -0.05) is 43.5 Å². The minimum atomic E-state index is -0.176. The second-order valence-electron chi connectivity index (χ2n) is 13.2. The number of carbonyl (C=O) groups excluding carboxylic acids is 1. The molecule has 2 aliphatic carbocycles. The summed E-state index contributed by atoms with van der Waals surface area (Å²) in [7, 11) is 2.10. The van der Waals surface area contributed by atoms with Crippen LogP contribution < -0.4 is 14.4 Å². The number of benzene rings is 2. The number of aryl methyl sites for hydroxylation is 2. The normalized spacial score (nSPS) is 19.0. The Morgan fingerprint density at radius 2 is 1.72 bits per heavy atom. The number of anilines is 2. The predicted molar refractivity (Wildman–Crippen MR) is 187 cm³/mol. The molecule has 4 aromatic rings. The van der Waals surface area contributed by atoms with Gasteiger partial charge in [0.1, 0.15) is 12.4 Å². The van der Waals surface area contributed by atoms with E-state index >= 15 is 0 Å². The number of ether oxygens (including phenoxy) is 1. The molecule has 1 unspecified atom stereocenters. The lowest BCUT2D eigenvalue weighted by Gasteiger charge is -2.39. The molecule has 3 aliphatic rings. The fourth-order valence-corrected chi connectivity index (χ4v) is 7.77. The van der Waals surface area contributed by atoms with Gasteiger partial charge in [0, 0.05) is 35.2 Å². The van der Waals surface area contributed by atoms with E-state index in [0.29, 0.717) is 42.5 Å². The lowest BCUT2D eigenvalue weighted by atomic mass is 9.83. The molecule has 3 heterocycles. The van der Waals surface area contributed by atoms with Gasteiger partial charge in [-0.05, 0) is 93.1 Å². The summed E-state index contributed by atoms with van der Waals surface area (Å²) in [5.74, 6) is 2.08. The van der Waals surface area contributed by atoms with Crippen molar-refractivity contribution < 1.29 is 9.53 Å². The quantitative estimate of drug-likeness (QED) is 0.211. The van der Waals surface area contributed by atoms with E-state index in [1.54, 1.807) is 6.20 Å². The number of hydrogen-bond donors (Lipinski definition) is 1. The zero-order valence-corrected chi connectivity index (χ0v) is 28.3. The first-order valence-electron chi connectivity index (χ1n) is 16.9. The third-order valence-electron chi connectivity index (χ3n) is 10.0. The molecule has 2 aromatic heterocycles. The Bertz CT molecular complexity index is 1720. The lowest BCUT2D eigenvalue weighted by molar-refractivity contribution is 0.0413. The highest BCUT2D eigenvalue weighted by Gasteiger charge is 2.34. The van der Waals surface area contributed by atoms with Gasteiger partial charge in [-0.3, -0.25) is 14.5 Å². The molecular formula is C37H43N7O2S. The number of carbonyl (C=O) groups is 1. The van der Waals surface area contributed by atoms with E-state index in [4.69, 9.17) is 19.7 Å². The second-order valence-corrected chi connectivity index (χ2v) is 14.1. The largest absolute Gasteiger partial charge is 0.475 e. The predicted octanol–water partition coefficient (Wildman–Crippen LogP) is 7.64. The Labute approximate surface area is 281 Å². The monoisotopic (exact) mass is 649 g/mol. The fourth-order valence-electron chi connectivity index (χ4n) is 7.14. The van der Waals surface area contributed by atoms with Gasteiger partial charge in [-0.2, -0.15) is 4.98 Å². The van der Waals surface area contributed by atoms with Gasteiger partial charge in [0.15, 0.2) is 0 Å². The molecule has 0 spiro atoms. The molecule has 2 aromatic carbocycles. The molecule has 1 N–H and O–H groups in total. The molecule has 4 bridgehead atoms. The molecule has 7 rings (SSSR count). The van der Waals surface area contributed by atoms with E-state index in [1.807, 2.05) is 41.4 Å². The van der Waals surface area contributed by atoms with Crippen molar-refractivity contribution >= 4 is 29.6 Å². The summed E-state index contributed by atoms with van der Waals surface area (Å²) in [5, 5.41) is 0. The first-order valence-corrected chi connectivity index (χ1v) is 17.7. The molecule has 0 saturated heterocycles. The molecule has 9 nitrogen and oxygen atoms in total. The van der Waals surface area contributed by atoms with Gasteiger partial charge in [0.05, 0.1) is 36.4 Å². The van der Waals surface area contributed by atoms with Crippen LogP contribution in [0.15, 0.2) is 65.8 Å². The van der Waals surface area contributed by atoms with Crippen LogP contribution in [0.5, 0.6) is 5.88 Å². The van der Waals surface area contributed by atoms with Crippen molar-refractivity contribution in [2.24, 2.45) is 5.92 Å². The Kier molecular flexibility index (Phi) is 9.29. The van der Waals surface area contributed by atoms with E-state index in [1.165, 1.54) is 37.6 Å². The van der Waals surface area contributed by atoms with Crippen molar-refractivity contribution in [1.29, 1.82) is 0 Å². The molecule has 2 fully saturated rings. The Morgan fingerprint density at radius 1 is 0.936 bits per heavy atom. The van der Waals surface area contributed by atoms with Gasteiger partial charge in [0.25, 0.3) is 5.91 Å². The zero-order valence-electron chi connectivity index (χ0n) is 27.5. The van der Waals surface area contributed by atoms with Gasteiger partial charge >= 0.3 is 0 Å². The summed E-state index contributed by atoms with van der Waals surface area (Å²) in [6.45, 7) is 4.87. The summed E-state index contributed by atoms with van der Waals surface area (Å²) >= 11 is 1.39. The highest BCUT2D eigenvalue weighted by atomic mass is 32.2. The molecule has 0 radical (unpaired) electrons. The third-order valence-corrected chi connectivity index (χ3v) is 10.8. The van der Waals surface area contributed by atoms with Crippen molar-refractivity contribution in [3.05, 3.63) is 83.3 Å². The number of fused-ring (bicyclic) bond motifs is 4. The zero-order chi connectivity index (χ0) is 32.3. The van der Waals surface area contributed by atoms with E-state index in [2.05, 4.69) is 53.7 Å². The summed E-state index contributed by atoms with van der Waals surface area (Å²) in [5.41, 5.74) is 5.58. The highest BCUT2D eigenvalue weighted by molar-refractivity contribution is 8.00. The standard InChI is InChI=1S/C37H43N7O2S/c1-24-10-7-11-25(2)35(24)31-19-34-41-37(40-31)42-47-30-17-8-14-27(18-30)36(45)44(32(23-46-34)26-12-5-4-6-13-26)22-28-20-38-21-33(39-28)43(3)29-15-9-16-29/h7-8,10-11,14,17-21,26,29,32H,4-6,9,12-13,15-16,22-23H2,1-3H3,(H,40,41,42). The van der Waals surface area contributed by atoms with Crippen molar-refractivity contribution in [2.75, 3.05) is 23.3 Å². The van der Waals surface area contributed by atoms with Crippen LogP contribution in [0, 0.1) is 19.8 Å². The van der Waals surface area contributed by atoms with Crippen LogP contribution in [-0.4, -0.2) is 56.5 Å². The maximum absolute atomic E-state index is 14.6. The SMILES string of the molecule is Cc1cccc(C)c1-c1cc2nc(n1)NSc1cccc(c1)C(=O)N(Cc1cncc(N(C)C3CCC3)n1)C(C1CCCCC1)CO2. The number of amides is 1. The molecule has 244 valence electrons. The highest BCUT2D eigenvalue weighted by Crippen LogP contribution is 2.34. The Morgan fingerprint density at radius 3 is 2.49 bits per heavy atom. The third kappa shape index (κ3) is 6.93. The summed E-state index contributed by atoms with van der Waals surface area (Å²) in [6, 6.07) is 16.3. The average molecular weight is 650 g/mol. The number of hydrogen-bond acceptors (Lipinski definition) is 9. The summed E-state index contributed by atoms with van der Waals surface area (Å²) < 4.78 is 9.94. The number of rotatable bonds is 6. The first-order chi connectivity index (χ1) is 22.9. The first kappa shape index (κ1) is 31.4. The van der Waals surface area contributed by atoms with Crippen LogP contribution in [-0.2, 0) is 6.54 Å². The van der Waals surface area contributed by atoms with Gasteiger partial charge in [0.2, 0.25) is 11.8 Å². The van der Waals surface area contributed by atoms with Crippen molar-refractivity contribution in [2.45, 2.75) is 88.7 Å². The van der Waals surface area contributed by atoms with Crippen LogP contribution >= 0.6 is 11.9 Å². The van der Waals surface area contributed by atoms with E-state index in [-0.39, 0.29) is 11.9 Å². The Hall–Kier alpha value is -4.18. The topological polar surface area (TPSA) is 96.4 Å². The molecular weight excluding hydrogens is 607 g/mol. The van der Waals surface area contributed by atoms with Gasteiger partial charge < -0.3 is 14.5 Å². The maximum Gasteiger partial charge on any atom is 0.254 e. The lowest BCUT2D eigenvalue weighted by Crippen LogP contribution is -2.48. The van der Waals surface area contributed by atoms with Crippen molar-refractivity contribution in [1.82, 2.24) is 24.8 Å². The van der Waals surface area contributed by atoms with Crippen LogP contribution in [0.1, 0.15) is 78.5 Å². The van der Waals surface area contributed by atoms with Crippen LogP contribution in [0.2, 0.25) is 0 Å². The Balaban J connectivity index is 1.29. The second kappa shape index (κ2) is 13.9. The minimum absolute atomic E-state index is 0.0283. The van der Waals surface area contributed by atoms with Gasteiger partial charge in [-0.25, -0.2) is 9.97 Å². The number of aromatic nitrogens is 4. The number of nitrogens with zero attached hydrogens (tertiary/aromatic N) is 6. The molecule has 1 atom stereocenters. The van der Waals surface area contributed by atoms with Gasteiger partial charge in [-0.15, -0.1) is 0 Å². The summed E-state index contributed by atoms with van der Waals surface area (Å²) in [6.07, 6.45) is 12.8. The minimum Gasteiger partial charge on any atom is -0.475 e. The van der Waals surface area contributed by atoms with Crippen molar-refractivity contribution in [3.63, 3.8) is 0 Å². The molecule has 1 aliphatic heterocycles. The maximum atomic E-state index is 14.6. The van der Waals surface area contributed by atoms with E-state index < -0.39 is 0 Å². The van der Waals surface area contributed by atoms with E-state index in [0.717, 1.165) is 64.5 Å². The van der Waals surface area contributed by atoms with Crippen molar-refractivity contribution in [3.8, 4) is 17.1 Å². The molecule has 10 heteroatoms. The van der Waals surface area contributed by atoms with E-state index in [9.17, 15) is 4.79 Å². The molecule has 2 saturated carbocycles. The summed E-state index contributed by atoms with van der Waals surface area (Å²) in [4.78, 5) is 39.1.